The van der Waals surface area contributed by atoms with Crippen molar-refractivity contribution in [1.29, 1.82) is 0 Å². The minimum atomic E-state index is -4.60. The minimum Gasteiger partial charge on any atom is -0.235 e. The van der Waals surface area contributed by atoms with Crippen LogP contribution < -0.4 is 0 Å². The van der Waals surface area contributed by atoms with Crippen molar-refractivity contribution in [2.75, 3.05) is 5.75 Å². The van der Waals surface area contributed by atoms with E-state index in [9.17, 15) is 21.6 Å². The lowest BCUT2D eigenvalue weighted by Gasteiger charge is -2.10. The van der Waals surface area contributed by atoms with Crippen LogP contribution in [0.5, 0.6) is 0 Å². The number of alkyl halides is 3. The first-order valence-electron chi connectivity index (χ1n) is 8.21. The molecule has 0 aliphatic rings. The Balaban J connectivity index is 1.86. The van der Waals surface area contributed by atoms with E-state index in [0.29, 0.717) is 5.56 Å². The summed E-state index contributed by atoms with van der Waals surface area (Å²) < 4.78 is 65.9. The molecule has 0 aromatic carbocycles. The molecule has 13 heteroatoms. The van der Waals surface area contributed by atoms with E-state index in [-0.39, 0.29) is 27.8 Å². The lowest BCUT2D eigenvalue weighted by molar-refractivity contribution is -0.141. The van der Waals surface area contributed by atoms with Crippen LogP contribution in [0, 0.1) is 0 Å². The normalized spacial score (nSPS) is 12.6. The van der Waals surface area contributed by atoms with Crippen LogP contribution in [0.15, 0.2) is 48.1 Å². The van der Waals surface area contributed by atoms with Gasteiger partial charge in [-0.1, -0.05) is 6.92 Å². The fraction of sp³-hybridized carbons (Fsp3) is 0.188. The number of aromatic nitrogens is 7. The molecule has 150 valence electrons. The van der Waals surface area contributed by atoms with Crippen molar-refractivity contribution >= 4 is 15.5 Å². The third kappa shape index (κ3) is 3.44. The van der Waals surface area contributed by atoms with Crippen LogP contribution in [-0.4, -0.2) is 48.5 Å². The summed E-state index contributed by atoms with van der Waals surface area (Å²) in [5.74, 6) is -0.109. The molecule has 0 atom stereocenters. The summed E-state index contributed by atoms with van der Waals surface area (Å²) in [5, 5.41) is 7.34. The summed E-state index contributed by atoms with van der Waals surface area (Å²) in [6.07, 6.45) is 0.631. The maximum atomic E-state index is 12.9. The highest BCUT2D eigenvalue weighted by molar-refractivity contribution is 7.91. The summed E-state index contributed by atoms with van der Waals surface area (Å²) >= 11 is 0. The van der Waals surface area contributed by atoms with Gasteiger partial charge in [0, 0.05) is 24.0 Å². The molecule has 0 saturated carbocycles. The summed E-state index contributed by atoms with van der Waals surface area (Å²) in [7, 11) is -3.69. The second kappa shape index (κ2) is 6.62. The van der Waals surface area contributed by atoms with Gasteiger partial charge in [0.1, 0.15) is 17.6 Å². The van der Waals surface area contributed by atoms with E-state index in [4.69, 9.17) is 0 Å². The minimum absolute atomic E-state index is 0.0323. The van der Waals surface area contributed by atoms with Crippen LogP contribution in [-0.2, 0) is 16.0 Å². The Morgan fingerprint density at radius 1 is 1.21 bits per heavy atom. The van der Waals surface area contributed by atoms with E-state index in [0.717, 1.165) is 10.6 Å². The zero-order valence-corrected chi connectivity index (χ0v) is 15.6. The van der Waals surface area contributed by atoms with Crippen LogP contribution in [0.1, 0.15) is 12.6 Å². The predicted octanol–water partition coefficient (Wildman–Crippen LogP) is 2.18. The Kier molecular flexibility index (Phi) is 4.33. The molecule has 0 fully saturated rings. The Morgan fingerprint density at radius 2 is 2.00 bits per heavy atom. The maximum Gasteiger partial charge on any atom is 0.435 e. The highest BCUT2D eigenvalue weighted by atomic mass is 32.2. The van der Waals surface area contributed by atoms with Gasteiger partial charge in [-0.05, 0) is 12.1 Å². The molecule has 0 spiro atoms. The second-order valence-electron chi connectivity index (χ2n) is 5.93. The van der Waals surface area contributed by atoms with E-state index in [1.54, 1.807) is 0 Å². The van der Waals surface area contributed by atoms with Crippen molar-refractivity contribution in [3.05, 3.63) is 48.9 Å². The lowest BCUT2D eigenvalue weighted by atomic mass is 10.2. The highest BCUT2D eigenvalue weighted by Gasteiger charge is 2.34. The van der Waals surface area contributed by atoms with Crippen LogP contribution in [0.3, 0.4) is 0 Å². The Labute approximate surface area is 161 Å². The monoisotopic (exact) mass is 423 g/mol. The summed E-state index contributed by atoms with van der Waals surface area (Å²) in [6.45, 7) is 1.49. The number of nitrogens with zero attached hydrogens (tertiary/aromatic N) is 7. The zero-order chi connectivity index (χ0) is 20.8. The average molecular weight is 423 g/mol. The summed E-state index contributed by atoms with van der Waals surface area (Å²) in [6, 6.07) is 3.60. The van der Waals surface area contributed by atoms with Crippen molar-refractivity contribution < 1.29 is 21.6 Å². The number of rotatable bonds is 4. The van der Waals surface area contributed by atoms with E-state index >= 15 is 0 Å². The zero-order valence-electron chi connectivity index (χ0n) is 14.7. The molecule has 4 heterocycles. The number of halogens is 3. The van der Waals surface area contributed by atoms with Gasteiger partial charge < -0.3 is 0 Å². The molecule has 4 aromatic rings. The van der Waals surface area contributed by atoms with Crippen LogP contribution in [0.4, 0.5) is 13.2 Å². The van der Waals surface area contributed by atoms with Crippen LogP contribution in [0.25, 0.3) is 22.7 Å². The van der Waals surface area contributed by atoms with Gasteiger partial charge in [0.25, 0.3) is 0 Å². The fourth-order valence-electron chi connectivity index (χ4n) is 2.63. The molecule has 4 aromatic heterocycles. The Bertz CT molecular complexity index is 1300. The van der Waals surface area contributed by atoms with E-state index in [1.807, 2.05) is 0 Å². The molecule has 0 saturated heterocycles. The molecule has 29 heavy (non-hydrogen) atoms. The van der Waals surface area contributed by atoms with E-state index in [2.05, 4.69) is 25.1 Å². The number of fused-ring (bicyclic) bond motifs is 1. The number of hydrogen-bond donors (Lipinski definition) is 0. The van der Waals surface area contributed by atoms with E-state index in [1.165, 1.54) is 48.8 Å². The quantitative estimate of drug-likeness (QED) is 0.495. The third-order valence-electron chi connectivity index (χ3n) is 4.09. The maximum absolute atomic E-state index is 12.9. The molecule has 4 rings (SSSR count). The van der Waals surface area contributed by atoms with Crippen molar-refractivity contribution in [3.8, 4) is 17.1 Å². The Morgan fingerprint density at radius 3 is 2.66 bits per heavy atom. The van der Waals surface area contributed by atoms with Crippen molar-refractivity contribution in [2.24, 2.45) is 0 Å². The fourth-order valence-corrected chi connectivity index (χ4v) is 3.67. The van der Waals surface area contributed by atoms with Gasteiger partial charge >= 0.3 is 6.18 Å². The summed E-state index contributed by atoms with van der Waals surface area (Å²) in [5.41, 5.74) is -0.541. The second-order valence-corrected chi connectivity index (χ2v) is 8.18. The van der Waals surface area contributed by atoms with Gasteiger partial charge in [-0.15, -0.1) is 0 Å². The molecular formula is C16H12F3N7O2S. The first-order chi connectivity index (χ1) is 13.7. The predicted molar refractivity (Wildman–Crippen MR) is 93.9 cm³/mol. The number of sulfone groups is 1. The topological polar surface area (TPSA) is 108 Å². The largest absolute Gasteiger partial charge is 0.435 e. The molecule has 9 nitrogen and oxygen atoms in total. The van der Waals surface area contributed by atoms with Gasteiger partial charge in [-0.3, -0.25) is 0 Å². The smallest absolute Gasteiger partial charge is 0.235 e. The molecule has 0 aliphatic heterocycles. The van der Waals surface area contributed by atoms with Crippen molar-refractivity contribution in [3.63, 3.8) is 0 Å². The summed E-state index contributed by atoms with van der Waals surface area (Å²) in [4.78, 5) is 12.0. The third-order valence-corrected chi connectivity index (χ3v) is 5.83. The first kappa shape index (κ1) is 19.0. The molecule has 0 radical (unpaired) electrons. The number of pyridine rings is 1. The number of hydrogen-bond acceptors (Lipinski definition) is 7. The highest BCUT2D eigenvalue weighted by Crippen LogP contribution is 2.29. The van der Waals surface area contributed by atoms with Gasteiger partial charge in [0.2, 0.25) is 0 Å². The van der Waals surface area contributed by atoms with Crippen molar-refractivity contribution in [2.45, 2.75) is 18.0 Å². The molecule has 0 amide bonds. The SMILES string of the molecule is CCS(=O)(=O)c1cc(-c2ccn3nc(C(F)(F)F)cc3n2)cnc1-n1cncn1. The average Bonchev–Trinajstić information content (AvgIpc) is 3.36. The van der Waals surface area contributed by atoms with Gasteiger partial charge in [-0.2, -0.15) is 23.4 Å². The standard InChI is InChI=1S/C16H12F3N7O2S/c1-2-29(27,28)12-5-10(7-21-15(12)26-9-20-8-22-26)11-3-4-25-14(23-11)6-13(24-25)16(17,18)19/h3-9H,2H2,1H3. The molecule has 0 N–H and O–H groups in total. The lowest BCUT2D eigenvalue weighted by Crippen LogP contribution is -2.11. The molecule has 0 unspecified atom stereocenters. The molecular weight excluding hydrogens is 411 g/mol. The molecule has 0 bridgehead atoms. The Hall–Kier alpha value is -3.35. The molecule has 0 aliphatic carbocycles. The first-order valence-corrected chi connectivity index (χ1v) is 9.86. The van der Waals surface area contributed by atoms with E-state index < -0.39 is 21.7 Å². The van der Waals surface area contributed by atoms with Gasteiger partial charge in [-0.25, -0.2) is 32.6 Å². The van der Waals surface area contributed by atoms with Crippen LogP contribution >= 0.6 is 0 Å². The van der Waals surface area contributed by atoms with Crippen LogP contribution in [0.2, 0.25) is 0 Å². The van der Waals surface area contributed by atoms with Gasteiger partial charge in [0.15, 0.2) is 27.0 Å². The van der Waals surface area contributed by atoms with Crippen molar-refractivity contribution in [1.82, 2.24) is 34.3 Å². The van der Waals surface area contributed by atoms with Gasteiger partial charge in [0.05, 0.1) is 11.4 Å².